The molecule has 2 aliphatic rings. The number of benzene rings is 1. The van der Waals surface area contributed by atoms with Crippen LogP contribution in [0.1, 0.15) is 43.4 Å². The number of aromatic nitrogens is 2. The number of hydrogen-bond donors (Lipinski definition) is 1. The van der Waals surface area contributed by atoms with Gasteiger partial charge in [-0.2, -0.15) is 5.10 Å². The third-order valence-corrected chi connectivity index (χ3v) is 6.04. The molecular formula is C23H31N5O2. The van der Waals surface area contributed by atoms with Crippen LogP contribution in [0.3, 0.4) is 0 Å². The fourth-order valence-corrected chi connectivity index (χ4v) is 4.45. The molecule has 0 saturated carbocycles. The molecule has 2 saturated heterocycles. The van der Waals surface area contributed by atoms with Crippen LogP contribution in [0.4, 0.5) is 5.82 Å². The molecule has 7 heteroatoms. The van der Waals surface area contributed by atoms with Crippen LogP contribution in [0.25, 0.3) is 5.69 Å². The average molecular weight is 410 g/mol. The number of nitrogens with zero attached hydrogens (tertiary/aromatic N) is 4. The van der Waals surface area contributed by atoms with Crippen molar-refractivity contribution in [1.29, 1.82) is 0 Å². The van der Waals surface area contributed by atoms with Crippen LogP contribution in [-0.4, -0.2) is 63.6 Å². The maximum Gasteiger partial charge on any atom is 0.239 e. The zero-order chi connectivity index (χ0) is 21.1. The Hall–Kier alpha value is -2.67. The fourth-order valence-electron chi connectivity index (χ4n) is 4.45. The fraction of sp³-hybridized carbons (Fsp3) is 0.522. The van der Waals surface area contributed by atoms with Gasteiger partial charge in [0.25, 0.3) is 0 Å². The second kappa shape index (κ2) is 9.00. The summed E-state index contributed by atoms with van der Waals surface area (Å²) in [6.07, 6.45) is 5.07. The molecule has 3 heterocycles. The molecule has 2 amide bonds. The first kappa shape index (κ1) is 20.6. The van der Waals surface area contributed by atoms with E-state index in [1.54, 1.807) is 4.68 Å². The lowest BCUT2D eigenvalue weighted by Gasteiger charge is -2.36. The van der Waals surface area contributed by atoms with Crippen molar-refractivity contribution in [2.24, 2.45) is 0 Å². The van der Waals surface area contributed by atoms with Crippen LogP contribution in [0.2, 0.25) is 0 Å². The molecule has 160 valence electrons. The number of carbonyl (C=O) groups is 2. The van der Waals surface area contributed by atoms with Crippen molar-refractivity contribution in [2.75, 3.05) is 31.5 Å². The smallest absolute Gasteiger partial charge is 0.239 e. The molecule has 2 aromatic rings. The lowest BCUT2D eigenvalue weighted by molar-refractivity contribution is -0.137. The highest BCUT2D eigenvalue weighted by atomic mass is 16.2. The van der Waals surface area contributed by atoms with Crippen LogP contribution in [-0.2, 0) is 9.59 Å². The van der Waals surface area contributed by atoms with Gasteiger partial charge >= 0.3 is 0 Å². The first-order valence-corrected chi connectivity index (χ1v) is 11.0. The maximum atomic E-state index is 13.0. The number of amides is 2. The minimum absolute atomic E-state index is 0.107. The van der Waals surface area contributed by atoms with E-state index >= 15 is 0 Å². The first-order chi connectivity index (χ1) is 14.5. The van der Waals surface area contributed by atoms with E-state index in [9.17, 15) is 9.59 Å². The number of likely N-dealkylation sites (tertiary alicyclic amines) is 2. The van der Waals surface area contributed by atoms with E-state index in [0.717, 1.165) is 63.1 Å². The predicted octanol–water partition coefficient (Wildman–Crippen LogP) is 2.90. The summed E-state index contributed by atoms with van der Waals surface area (Å²) in [4.78, 5) is 29.9. The Labute approximate surface area is 178 Å². The predicted molar refractivity (Wildman–Crippen MR) is 117 cm³/mol. The van der Waals surface area contributed by atoms with Crippen molar-refractivity contribution in [3.63, 3.8) is 0 Å². The first-order valence-electron chi connectivity index (χ1n) is 11.0. The van der Waals surface area contributed by atoms with E-state index in [-0.39, 0.29) is 24.4 Å². The third kappa shape index (κ3) is 4.56. The highest BCUT2D eigenvalue weighted by molar-refractivity contribution is 5.92. The Morgan fingerprint density at radius 1 is 1.03 bits per heavy atom. The van der Waals surface area contributed by atoms with E-state index in [4.69, 9.17) is 0 Å². The zero-order valence-corrected chi connectivity index (χ0v) is 17.9. The monoisotopic (exact) mass is 409 g/mol. The van der Waals surface area contributed by atoms with Gasteiger partial charge in [-0.15, -0.1) is 0 Å². The summed E-state index contributed by atoms with van der Waals surface area (Å²) in [5.41, 5.74) is 2.92. The van der Waals surface area contributed by atoms with Gasteiger partial charge in [-0.25, -0.2) is 4.68 Å². The number of rotatable bonds is 5. The second-order valence-corrected chi connectivity index (χ2v) is 8.48. The van der Waals surface area contributed by atoms with E-state index in [0.29, 0.717) is 5.82 Å². The summed E-state index contributed by atoms with van der Waals surface area (Å²) in [7, 11) is 0. The number of aryl methyl sites for hydroxylation is 2. The SMILES string of the molecule is Cc1ccc(-n2nc(C)cc2NC(=O)CN2CCCCC2C(=O)N2CCCC2)cc1. The van der Waals surface area contributed by atoms with E-state index in [1.807, 2.05) is 49.1 Å². The number of carbonyl (C=O) groups excluding carboxylic acids is 2. The Balaban J connectivity index is 1.45. The minimum Gasteiger partial charge on any atom is -0.341 e. The van der Waals surface area contributed by atoms with Gasteiger partial charge in [-0.05, 0) is 58.2 Å². The van der Waals surface area contributed by atoms with E-state index in [2.05, 4.69) is 15.3 Å². The van der Waals surface area contributed by atoms with Crippen LogP contribution < -0.4 is 5.32 Å². The Kier molecular flexibility index (Phi) is 6.18. The van der Waals surface area contributed by atoms with Crippen LogP contribution >= 0.6 is 0 Å². The molecule has 1 aromatic carbocycles. The second-order valence-electron chi connectivity index (χ2n) is 8.48. The molecule has 7 nitrogen and oxygen atoms in total. The normalized spacial score (nSPS) is 19.8. The largest absolute Gasteiger partial charge is 0.341 e. The number of piperidine rings is 1. The zero-order valence-electron chi connectivity index (χ0n) is 17.9. The van der Waals surface area contributed by atoms with Crippen molar-refractivity contribution in [2.45, 2.75) is 52.0 Å². The average Bonchev–Trinajstić information content (AvgIpc) is 3.38. The third-order valence-electron chi connectivity index (χ3n) is 6.04. The highest BCUT2D eigenvalue weighted by Crippen LogP contribution is 2.22. The highest BCUT2D eigenvalue weighted by Gasteiger charge is 2.33. The van der Waals surface area contributed by atoms with Gasteiger partial charge in [0.05, 0.1) is 24.0 Å². The molecule has 0 bridgehead atoms. The quantitative estimate of drug-likeness (QED) is 0.824. The van der Waals surface area contributed by atoms with Gasteiger partial charge in [0.1, 0.15) is 5.82 Å². The molecule has 1 atom stereocenters. The number of nitrogens with one attached hydrogen (secondary N) is 1. The molecule has 2 fully saturated rings. The van der Waals surface area contributed by atoms with Crippen molar-refractivity contribution >= 4 is 17.6 Å². The summed E-state index contributed by atoms with van der Waals surface area (Å²) < 4.78 is 1.76. The molecule has 1 unspecified atom stereocenters. The van der Waals surface area contributed by atoms with Crippen molar-refractivity contribution in [3.8, 4) is 5.69 Å². The lowest BCUT2D eigenvalue weighted by atomic mass is 10.0. The maximum absolute atomic E-state index is 13.0. The number of hydrogen-bond acceptors (Lipinski definition) is 4. The Bertz CT molecular complexity index is 899. The molecule has 0 radical (unpaired) electrons. The molecule has 4 rings (SSSR count). The summed E-state index contributed by atoms with van der Waals surface area (Å²) in [5.74, 6) is 0.741. The van der Waals surface area contributed by atoms with E-state index in [1.165, 1.54) is 5.56 Å². The van der Waals surface area contributed by atoms with Gasteiger partial charge in [0, 0.05) is 19.2 Å². The molecule has 0 aliphatic carbocycles. The molecule has 0 spiro atoms. The summed E-state index contributed by atoms with van der Waals surface area (Å²) >= 11 is 0. The molecule has 2 aliphatic heterocycles. The topological polar surface area (TPSA) is 70.5 Å². The molecule has 1 aromatic heterocycles. The summed E-state index contributed by atoms with van der Waals surface area (Å²) in [5, 5.41) is 7.55. The van der Waals surface area contributed by atoms with Crippen molar-refractivity contribution in [1.82, 2.24) is 19.6 Å². The van der Waals surface area contributed by atoms with Crippen LogP contribution in [0, 0.1) is 13.8 Å². The standard InChI is InChI=1S/C23H31N5O2/c1-17-8-10-19(11-9-17)28-21(15-18(2)25-28)24-22(29)16-27-14-4-3-7-20(27)23(30)26-12-5-6-13-26/h8-11,15,20H,3-7,12-14,16H2,1-2H3,(H,24,29). The lowest BCUT2D eigenvalue weighted by Crippen LogP contribution is -2.52. The van der Waals surface area contributed by atoms with Crippen molar-refractivity contribution in [3.05, 3.63) is 41.6 Å². The van der Waals surface area contributed by atoms with Gasteiger partial charge in [-0.1, -0.05) is 24.1 Å². The van der Waals surface area contributed by atoms with Crippen LogP contribution in [0.5, 0.6) is 0 Å². The summed E-state index contributed by atoms with van der Waals surface area (Å²) in [6, 6.07) is 9.74. The molecular weight excluding hydrogens is 378 g/mol. The minimum atomic E-state index is -0.175. The Morgan fingerprint density at radius 3 is 2.47 bits per heavy atom. The van der Waals surface area contributed by atoms with Crippen molar-refractivity contribution < 1.29 is 9.59 Å². The van der Waals surface area contributed by atoms with Gasteiger partial charge in [-0.3, -0.25) is 14.5 Å². The number of anilines is 1. The van der Waals surface area contributed by atoms with Gasteiger partial charge in [0.15, 0.2) is 0 Å². The molecule has 1 N–H and O–H groups in total. The van der Waals surface area contributed by atoms with E-state index < -0.39 is 0 Å². The Morgan fingerprint density at radius 2 is 1.73 bits per heavy atom. The van der Waals surface area contributed by atoms with Gasteiger partial charge in [0.2, 0.25) is 11.8 Å². The van der Waals surface area contributed by atoms with Crippen LogP contribution in [0.15, 0.2) is 30.3 Å². The van der Waals surface area contributed by atoms with Gasteiger partial charge < -0.3 is 10.2 Å². The molecule has 30 heavy (non-hydrogen) atoms. The summed E-state index contributed by atoms with van der Waals surface area (Å²) in [6.45, 7) is 6.67.